The van der Waals surface area contributed by atoms with Crippen LogP contribution in [0.3, 0.4) is 0 Å². The highest BCUT2D eigenvalue weighted by atomic mass is 16.5. The topological polar surface area (TPSA) is 74.0 Å². The molecule has 0 aromatic heterocycles. The number of methoxy groups -OCH3 is 3. The molecule has 0 unspecified atom stereocenters. The lowest BCUT2D eigenvalue weighted by Crippen LogP contribution is -2.30. The summed E-state index contributed by atoms with van der Waals surface area (Å²) in [6.45, 7) is 3.55. The Morgan fingerprint density at radius 1 is 1.14 bits per heavy atom. The third kappa shape index (κ3) is 5.71. The van der Waals surface area contributed by atoms with E-state index in [4.69, 9.17) is 15.2 Å². The van der Waals surface area contributed by atoms with Crippen molar-refractivity contribution in [3.63, 3.8) is 0 Å². The van der Waals surface area contributed by atoms with Crippen molar-refractivity contribution in [2.75, 3.05) is 53.4 Å². The van der Waals surface area contributed by atoms with Crippen molar-refractivity contribution < 1.29 is 19.0 Å². The first kappa shape index (κ1) is 17.4. The normalized spacial score (nSPS) is 10.9. The third-order valence-corrected chi connectivity index (χ3v) is 3.18. The molecule has 0 aliphatic rings. The SMILES string of the molecule is COCCN(CCOC)Cc1ccc(C(=O)OC)cc1N. The first-order valence-electron chi connectivity index (χ1n) is 6.79. The highest BCUT2D eigenvalue weighted by Crippen LogP contribution is 2.17. The molecule has 0 atom stereocenters. The average molecular weight is 296 g/mol. The molecule has 21 heavy (non-hydrogen) atoms. The molecule has 0 amide bonds. The molecule has 0 fully saturated rings. The molecule has 0 bridgehead atoms. The van der Waals surface area contributed by atoms with Gasteiger partial charge < -0.3 is 19.9 Å². The van der Waals surface area contributed by atoms with Gasteiger partial charge in [0.25, 0.3) is 0 Å². The van der Waals surface area contributed by atoms with E-state index in [1.807, 2.05) is 6.07 Å². The fourth-order valence-electron chi connectivity index (χ4n) is 1.94. The molecule has 0 heterocycles. The number of nitrogens with zero attached hydrogens (tertiary/aromatic N) is 1. The summed E-state index contributed by atoms with van der Waals surface area (Å²) in [6, 6.07) is 5.22. The van der Waals surface area contributed by atoms with E-state index in [1.165, 1.54) is 7.11 Å². The first-order chi connectivity index (χ1) is 10.1. The van der Waals surface area contributed by atoms with Crippen LogP contribution < -0.4 is 5.73 Å². The molecule has 1 aromatic rings. The van der Waals surface area contributed by atoms with Crippen molar-refractivity contribution in [3.8, 4) is 0 Å². The summed E-state index contributed by atoms with van der Waals surface area (Å²) in [5.74, 6) is -0.385. The second kappa shape index (κ2) is 9.33. The van der Waals surface area contributed by atoms with E-state index in [-0.39, 0.29) is 5.97 Å². The predicted molar refractivity (Wildman–Crippen MR) is 81.2 cm³/mol. The number of anilines is 1. The number of benzene rings is 1. The fourth-order valence-corrected chi connectivity index (χ4v) is 1.94. The molecule has 0 saturated carbocycles. The van der Waals surface area contributed by atoms with E-state index < -0.39 is 0 Å². The lowest BCUT2D eigenvalue weighted by molar-refractivity contribution is 0.0601. The number of ether oxygens (including phenoxy) is 3. The van der Waals surface area contributed by atoms with E-state index in [9.17, 15) is 4.79 Å². The molecule has 118 valence electrons. The minimum absolute atomic E-state index is 0.385. The summed E-state index contributed by atoms with van der Waals surface area (Å²) in [7, 11) is 4.70. The molecule has 0 aliphatic carbocycles. The van der Waals surface area contributed by atoms with E-state index in [0.29, 0.717) is 31.0 Å². The lowest BCUT2D eigenvalue weighted by Gasteiger charge is -2.22. The number of carbonyl (C=O) groups excluding carboxylic acids is 1. The van der Waals surface area contributed by atoms with Gasteiger partial charge in [0, 0.05) is 39.5 Å². The Morgan fingerprint density at radius 2 is 1.76 bits per heavy atom. The third-order valence-electron chi connectivity index (χ3n) is 3.18. The van der Waals surface area contributed by atoms with Crippen LogP contribution in [0.15, 0.2) is 18.2 Å². The van der Waals surface area contributed by atoms with E-state index in [1.54, 1.807) is 26.4 Å². The molecule has 6 heteroatoms. The number of nitrogens with two attached hydrogens (primary N) is 1. The standard InChI is InChI=1S/C15H24N2O4/c1-19-8-6-17(7-9-20-2)11-13-5-4-12(10-14(13)16)15(18)21-3/h4-5,10H,6-9,11,16H2,1-3H3. The summed E-state index contributed by atoms with van der Waals surface area (Å²) >= 11 is 0. The average Bonchev–Trinajstić information content (AvgIpc) is 2.50. The van der Waals surface area contributed by atoms with Gasteiger partial charge in [0.1, 0.15) is 0 Å². The lowest BCUT2D eigenvalue weighted by atomic mass is 10.1. The molecular formula is C15H24N2O4. The van der Waals surface area contributed by atoms with Gasteiger partial charge in [-0.25, -0.2) is 4.79 Å². The zero-order valence-corrected chi connectivity index (χ0v) is 12.9. The van der Waals surface area contributed by atoms with Gasteiger partial charge in [0.2, 0.25) is 0 Å². The Balaban J connectivity index is 2.75. The van der Waals surface area contributed by atoms with Crippen LogP contribution in [0.4, 0.5) is 5.69 Å². The van der Waals surface area contributed by atoms with Gasteiger partial charge in [-0.05, 0) is 17.7 Å². The number of rotatable bonds is 9. The van der Waals surface area contributed by atoms with Crippen LogP contribution in [0.2, 0.25) is 0 Å². The monoisotopic (exact) mass is 296 g/mol. The van der Waals surface area contributed by atoms with Crippen molar-refractivity contribution in [1.82, 2.24) is 4.90 Å². The molecule has 6 nitrogen and oxygen atoms in total. The summed E-state index contributed by atoms with van der Waals surface area (Å²) in [5.41, 5.74) is 8.03. The van der Waals surface area contributed by atoms with Gasteiger partial charge in [-0.3, -0.25) is 4.90 Å². The molecule has 0 spiro atoms. The highest BCUT2D eigenvalue weighted by Gasteiger charge is 2.11. The van der Waals surface area contributed by atoms with Crippen LogP contribution in [0, 0.1) is 0 Å². The van der Waals surface area contributed by atoms with Crippen LogP contribution in [0.25, 0.3) is 0 Å². The van der Waals surface area contributed by atoms with Gasteiger partial charge in [-0.15, -0.1) is 0 Å². The largest absolute Gasteiger partial charge is 0.465 e. The van der Waals surface area contributed by atoms with Crippen molar-refractivity contribution in [1.29, 1.82) is 0 Å². The van der Waals surface area contributed by atoms with Gasteiger partial charge in [-0.2, -0.15) is 0 Å². The summed E-state index contributed by atoms with van der Waals surface area (Å²) in [4.78, 5) is 13.7. The molecule has 1 aromatic carbocycles. The maximum atomic E-state index is 11.5. The Kier molecular flexibility index (Phi) is 7.74. The molecule has 0 radical (unpaired) electrons. The van der Waals surface area contributed by atoms with Crippen LogP contribution in [-0.2, 0) is 20.8 Å². The Bertz CT molecular complexity index is 443. The Hall–Kier alpha value is -1.63. The van der Waals surface area contributed by atoms with E-state index in [0.717, 1.165) is 18.7 Å². The number of hydrogen-bond donors (Lipinski definition) is 1. The molecule has 0 aliphatic heterocycles. The van der Waals surface area contributed by atoms with Crippen LogP contribution in [0.5, 0.6) is 0 Å². The summed E-state index contributed by atoms with van der Waals surface area (Å²) < 4.78 is 14.9. The van der Waals surface area contributed by atoms with Gasteiger partial charge in [0.05, 0.1) is 25.9 Å². The second-order valence-corrected chi connectivity index (χ2v) is 4.67. The van der Waals surface area contributed by atoms with Crippen molar-refractivity contribution in [2.45, 2.75) is 6.54 Å². The number of esters is 1. The first-order valence-corrected chi connectivity index (χ1v) is 6.79. The fraction of sp³-hybridized carbons (Fsp3) is 0.533. The zero-order chi connectivity index (χ0) is 15.7. The van der Waals surface area contributed by atoms with Gasteiger partial charge >= 0.3 is 5.97 Å². The number of hydrogen-bond acceptors (Lipinski definition) is 6. The van der Waals surface area contributed by atoms with Gasteiger partial charge in [-0.1, -0.05) is 6.07 Å². The van der Waals surface area contributed by atoms with Crippen molar-refractivity contribution >= 4 is 11.7 Å². The smallest absolute Gasteiger partial charge is 0.337 e. The summed E-state index contributed by atoms with van der Waals surface area (Å²) in [6.07, 6.45) is 0. The molecular weight excluding hydrogens is 272 g/mol. The van der Waals surface area contributed by atoms with Crippen molar-refractivity contribution in [3.05, 3.63) is 29.3 Å². The zero-order valence-electron chi connectivity index (χ0n) is 12.9. The maximum absolute atomic E-state index is 11.5. The second-order valence-electron chi connectivity index (χ2n) is 4.67. The van der Waals surface area contributed by atoms with Gasteiger partial charge in [0.15, 0.2) is 0 Å². The van der Waals surface area contributed by atoms with E-state index in [2.05, 4.69) is 9.64 Å². The predicted octanol–water partition coefficient (Wildman–Crippen LogP) is 1.15. The Labute approximate surface area is 125 Å². The molecule has 2 N–H and O–H groups in total. The minimum atomic E-state index is -0.385. The minimum Gasteiger partial charge on any atom is -0.465 e. The van der Waals surface area contributed by atoms with Crippen molar-refractivity contribution in [2.24, 2.45) is 0 Å². The maximum Gasteiger partial charge on any atom is 0.337 e. The molecule has 0 saturated heterocycles. The van der Waals surface area contributed by atoms with Crippen LogP contribution in [0.1, 0.15) is 15.9 Å². The van der Waals surface area contributed by atoms with Crippen LogP contribution >= 0.6 is 0 Å². The highest BCUT2D eigenvalue weighted by molar-refractivity contribution is 5.90. The quantitative estimate of drug-likeness (QED) is 0.544. The molecule has 1 rings (SSSR count). The number of nitrogen functional groups attached to an aromatic ring is 1. The Morgan fingerprint density at radius 3 is 2.24 bits per heavy atom. The van der Waals surface area contributed by atoms with E-state index >= 15 is 0 Å². The summed E-state index contributed by atoms with van der Waals surface area (Å²) in [5, 5.41) is 0. The number of carbonyl (C=O) groups is 1. The van der Waals surface area contributed by atoms with Crippen LogP contribution in [-0.4, -0.2) is 58.5 Å².